The third-order valence-electron chi connectivity index (χ3n) is 1.94. The van der Waals surface area contributed by atoms with Gasteiger partial charge in [-0.2, -0.15) is 0 Å². The van der Waals surface area contributed by atoms with Gasteiger partial charge >= 0.3 is 0 Å². The van der Waals surface area contributed by atoms with E-state index in [1.807, 2.05) is 19.3 Å². The molecule has 1 heterocycles. The van der Waals surface area contributed by atoms with Gasteiger partial charge in [0.25, 0.3) is 0 Å². The first-order chi connectivity index (χ1) is 6.88. The van der Waals surface area contributed by atoms with E-state index >= 15 is 0 Å². The van der Waals surface area contributed by atoms with Crippen molar-refractivity contribution in [3.8, 4) is 11.8 Å². The van der Waals surface area contributed by atoms with Gasteiger partial charge in [-0.1, -0.05) is 12.8 Å². The van der Waals surface area contributed by atoms with Crippen molar-refractivity contribution in [1.29, 1.82) is 0 Å². The molecular weight excluding hydrogens is 174 g/mol. The molecule has 14 heavy (non-hydrogen) atoms. The molecule has 0 saturated carbocycles. The molecule has 0 radical (unpaired) electrons. The van der Waals surface area contributed by atoms with Gasteiger partial charge in [0.1, 0.15) is 5.82 Å². The minimum Gasteiger partial charge on any atom is -0.334 e. The molecule has 0 atom stereocenters. The van der Waals surface area contributed by atoms with Crippen molar-refractivity contribution in [2.45, 2.75) is 33.4 Å². The second-order valence-corrected chi connectivity index (χ2v) is 3.07. The van der Waals surface area contributed by atoms with Gasteiger partial charge in [-0.15, -0.1) is 5.92 Å². The van der Waals surface area contributed by atoms with Crippen LogP contribution in [0.3, 0.4) is 0 Å². The average Bonchev–Trinajstić information content (AvgIpc) is 2.61. The van der Waals surface area contributed by atoms with Gasteiger partial charge in [0.2, 0.25) is 0 Å². The van der Waals surface area contributed by atoms with Crippen LogP contribution in [0.15, 0.2) is 12.4 Å². The van der Waals surface area contributed by atoms with Crippen LogP contribution in [0.4, 0.5) is 0 Å². The van der Waals surface area contributed by atoms with Crippen LogP contribution in [-0.2, 0) is 13.1 Å². The second-order valence-electron chi connectivity index (χ2n) is 3.07. The highest BCUT2D eigenvalue weighted by molar-refractivity contribution is 4.98. The average molecular weight is 191 g/mol. The highest BCUT2D eigenvalue weighted by Crippen LogP contribution is 1.98. The molecule has 0 aliphatic rings. The quantitative estimate of drug-likeness (QED) is 0.563. The van der Waals surface area contributed by atoms with Crippen LogP contribution >= 0.6 is 0 Å². The van der Waals surface area contributed by atoms with Gasteiger partial charge in [0.05, 0.1) is 13.1 Å². The monoisotopic (exact) mass is 191 g/mol. The zero-order valence-electron chi connectivity index (χ0n) is 8.88. The largest absolute Gasteiger partial charge is 0.334 e. The van der Waals surface area contributed by atoms with E-state index in [9.17, 15) is 0 Å². The summed E-state index contributed by atoms with van der Waals surface area (Å²) in [5.74, 6) is 6.90. The van der Waals surface area contributed by atoms with Gasteiger partial charge in [0.15, 0.2) is 0 Å². The van der Waals surface area contributed by atoms with Gasteiger partial charge < -0.3 is 4.57 Å². The fourth-order valence-corrected chi connectivity index (χ4v) is 1.28. The van der Waals surface area contributed by atoms with Crippen molar-refractivity contribution in [3.05, 3.63) is 18.2 Å². The van der Waals surface area contributed by atoms with E-state index < -0.39 is 0 Å². The van der Waals surface area contributed by atoms with Gasteiger partial charge in [-0.25, -0.2) is 4.98 Å². The maximum Gasteiger partial charge on any atom is 0.122 e. The molecule has 3 nitrogen and oxygen atoms in total. The number of hydrogen-bond acceptors (Lipinski definition) is 2. The Morgan fingerprint density at radius 2 is 2.43 bits per heavy atom. The standard InChI is InChI=1S/C11H17N3/c1-3-5-6-12-10-11-13-7-9-14(11)8-4-2/h7,9,12H,4,6,8,10H2,1-2H3. The number of rotatable bonds is 5. The van der Waals surface area contributed by atoms with Gasteiger partial charge in [0, 0.05) is 18.9 Å². The smallest absolute Gasteiger partial charge is 0.122 e. The minimum absolute atomic E-state index is 0.732. The molecule has 0 aliphatic carbocycles. The predicted molar refractivity (Wildman–Crippen MR) is 57.7 cm³/mol. The van der Waals surface area contributed by atoms with Crippen molar-refractivity contribution >= 4 is 0 Å². The van der Waals surface area contributed by atoms with E-state index in [4.69, 9.17) is 0 Å². The molecule has 0 aromatic carbocycles. The van der Waals surface area contributed by atoms with Crippen molar-refractivity contribution in [1.82, 2.24) is 14.9 Å². The first-order valence-corrected chi connectivity index (χ1v) is 4.98. The van der Waals surface area contributed by atoms with Crippen LogP contribution in [0.1, 0.15) is 26.1 Å². The molecule has 1 N–H and O–H groups in total. The summed E-state index contributed by atoms with van der Waals surface area (Å²) in [6.07, 6.45) is 5.00. The Bertz CT molecular complexity index is 317. The molecule has 1 aromatic heterocycles. The van der Waals surface area contributed by atoms with Crippen LogP contribution in [0.5, 0.6) is 0 Å². The summed E-state index contributed by atoms with van der Waals surface area (Å²) < 4.78 is 2.17. The summed E-state index contributed by atoms with van der Waals surface area (Å²) in [7, 11) is 0. The maximum atomic E-state index is 4.28. The van der Waals surface area contributed by atoms with Crippen molar-refractivity contribution in [2.75, 3.05) is 6.54 Å². The summed E-state index contributed by atoms with van der Waals surface area (Å²) in [4.78, 5) is 4.28. The molecular formula is C11H17N3. The molecule has 0 amide bonds. The summed E-state index contributed by atoms with van der Waals surface area (Å²) in [6, 6.07) is 0. The van der Waals surface area contributed by atoms with Crippen LogP contribution in [0.2, 0.25) is 0 Å². The Morgan fingerprint density at radius 1 is 1.57 bits per heavy atom. The number of hydrogen-bond donors (Lipinski definition) is 1. The Labute approximate surface area is 85.5 Å². The molecule has 0 fully saturated rings. The first-order valence-electron chi connectivity index (χ1n) is 4.98. The highest BCUT2D eigenvalue weighted by Gasteiger charge is 1.99. The Balaban J connectivity index is 2.39. The minimum atomic E-state index is 0.732. The van der Waals surface area contributed by atoms with Crippen LogP contribution in [-0.4, -0.2) is 16.1 Å². The fourth-order valence-electron chi connectivity index (χ4n) is 1.28. The summed E-state index contributed by atoms with van der Waals surface area (Å²) in [5, 5.41) is 3.23. The van der Waals surface area contributed by atoms with Crippen molar-refractivity contribution in [2.24, 2.45) is 0 Å². The molecule has 0 bridgehead atoms. The molecule has 1 aromatic rings. The first kappa shape index (κ1) is 10.8. The second kappa shape index (κ2) is 6.22. The lowest BCUT2D eigenvalue weighted by atomic mass is 10.4. The lowest BCUT2D eigenvalue weighted by molar-refractivity contribution is 0.607. The van der Waals surface area contributed by atoms with Crippen molar-refractivity contribution < 1.29 is 0 Å². The fraction of sp³-hybridized carbons (Fsp3) is 0.545. The summed E-state index contributed by atoms with van der Waals surface area (Å²) in [5.41, 5.74) is 0. The maximum absolute atomic E-state index is 4.28. The normalized spacial score (nSPS) is 9.57. The van der Waals surface area contributed by atoms with Crippen LogP contribution in [0, 0.1) is 11.8 Å². The van der Waals surface area contributed by atoms with Crippen molar-refractivity contribution in [3.63, 3.8) is 0 Å². The summed E-state index contributed by atoms with van der Waals surface area (Å²) in [6.45, 7) is 6.58. The number of nitrogens with one attached hydrogen (secondary N) is 1. The number of aryl methyl sites for hydroxylation is 1. The zero-order chi connectivity index (χ0) is 10.2. The lowest BCUT2D eigenvalue weighted by Gasteiger charge is -2.05. The predicted octanol–water partition coefficient (Wildman–Crippen LogP) is 1.41. The summed E-state index contributed by atoms with van der Waals surface area (Å²) >= 11 is 0. The Hall–Kier alpha value is -1.27. The van der Waals surface area contributed by atoms with E-state index in [1.165, 1.54) is 0 Å². The van der Waals surface area contributed by atoms with E-state index in [2.05, 4.69) is 33.6 Å². The Kier molecular flexibility index (Phi) is 4.81. The molecule has 1 rings (SSSR count). The third kappa shape index (κ3) is 3.23. The number of aromatic nitrogens is 2. The van der Waals surface area contributed by atoms with Gasteiger partial charge in [-0.3, -0.25) is 5.32 Å². The van der Waals surface area contributed by atoms with E-state index in [1.54, 1.807) is 0 Å². The van der Waals surface area contributed by atoms with E-state index in [-0.39, 0.29) is 0 Å². The molecule has 0 saturated heterocycles. The topological polar surface area (TPSA) is 29.9 Å². The highest BCUT2D eigenvalue weighted by atomic mass is 15.1. The lowest BCUT2D eigenvalue weighted by Crippen LogP contribution is -2.17. The molecule has 0 aliphatic heterocycles. The molecule has 0 unspecified atom stereocenters. The number of imidazole rings is 1. The van der Waals surface area contributed by atoms with Gasteiger partial charge in [-0.05, 0) is 13.3 Å². The van der Waals surface area contributed by atoms with Crippen LogP contribution < -0.4 is 5.32 Å². The number of nitrogens with zero attached hydrogens (tertiary/aromatic N) is 2. The third-order valence-corrected chi connectivity index (χ3v) is 1.94. The molecule has 76 valence electrons. The SMILES string of the molecule is CC#CCNCc1nccn1CCC. The molecule has 3 heteroatoms. The zero-order valence-corrected chi connectivity index (χ0v) is 8.88. The van der Waals surface area contributed by atoms with E-state index in [0.717, 1.165) is 31.9 Å². The molecule has 0 spiro atoms. The van der Waals surface area contributed by atoms with E-state index in [0.29, 0.717) is 0 Å². The Morgan fingerprint density at radius 3 is 3.14 bits per heavy atom. The van der Waals surface area contributed by atoms with Crippen LogP contribution in [0.25, 0.3) is 0 Å².